The maximum Gasteiger partial charge on any atom is 0.328 e. The number of carbonyl (C=O) groups excluding carboxylic acids is 1. The van der Waals surface area contributed by atoms with E-state index in [1.165, 1.54) is 11.3 Å². The topological polar surface area (TPSA) is 102 Å². The Morgan fingerprint density at radius 2 is 2.27 bits per heavy atom. The number of hydrogen-bond acceptors (Lipinski definition) is 5. The van der Waals surface area contributed by atoms with Gasteiger partial charge in [0.05, 0.1) is 11.8 Å². The summed E-state index contributed by atoms with van der Waals surface area (Å²) in [6.45, 7) is 0.473. The first-order valence-corrected chi connectivity index (χ1v) is 7.46. The third-order valence-corrected chi connectivity index (χ3v) is 4.04. The van der Waals surface area contributed by atoms with Gasteiger partial charge in [0, 0.05) is 25.5 Å². The van der Waals surface area contributed by atoms with Crippen molar-refractivity contribution in [3.63, 3.8) is 0 Å². The molecule has 114 valence electrons. The molecular weight excluding hydrogens is 306 g/mol. The van der Waals surface area contributed by atoms with Gasteiger partial charge in [-0.25, -0.2) is 9.78 Å². The van der Waals surface area contributed by atoms with Crippen LogP contribution in [0.1, 0.15) is 0 Å². The van der Waals surface area contributed by atoms with Crippen molar-refractivity contribution in [2.45, 2.75) is 13.1 Å². The van der Waals surface area contributed by atoms with Gasteiger partial charge < -0.3 is 14.9 Å². The minimum Gasteiger partial charge on any atom is -0.353 e. The number of H-pyrrole nitrogens is 1. The van der Waals surface area contributed by atoms with Crippen molar-refractivity contribution in [3.05, 3.63) is 51.0 Å². The summed E-state index contributed by atoms with van der Waals surface area (Å²) in [5.74, 6) is -0.209. The van der Waals surface area contributed by atoms with Gasteiger partial charge in [0.15, 0.2) is 0 Å². The molecule has 0 bridgehead atoms. The van der Waals surface area contributed by atoms with Gasteiger partial charge in [-0.3, -0.25) is 14.2 Å². The first-order valence-electron chi connectivity index (χ1n) is 6.58. The van der Waals surface area contributed by atoms with E-state index in [4.69, 9.17) is 0 Å². The van der Waals surface area contributed by atoms with Crippen LogP contribution in [0, 0.1) is 0 Å². The van der Waals surface area contributed by atoms with Crippen LogP contribution in [-0.2, 0) is 17.9 Å². The molecule has 1 amide bonds. The Labute approximate surface area is 128 Å². The number of aromatic amines is 1. The van der Waals surface area contributed by atoms with Crippen molar-refractivity contribution in [1.29, 1.82) is 0 Å². The Kier molecular flexibility index (Phi) is 3.88. The third-order valence-electron chi connectivity index (χ3n) is 3.13. The van der Waals surface area contributed by atoms with E-state index in [1.807, 2.05) is 0 Å². The second-order valence-corrected chi connectivity index (χ2v) is 5.55. The summed E-state index contributed by atoms with van der Waals surface area (Å²) >= 11 is 1.28. The molecule has 0 aliphatic carbocycles. The molecule has 0 saturated carbocycles. The van der Waals surface area contributed by atoms with E-state index in [0.717, 1.165) is 4.57 Å². The lowest BCUT2D eigenvalue weighted by Crippen LogP contribution is -2.39. The predicted molar refractivity (Wildman–Crippen MR) is 81.9 cm³/mol. The number of hydrogen-bond donors (Lipinski definition) is 2. The second-order valence-electron chi connectivity index (χ2n) is 4.64. The number of nitrogens with zero attached hydrogens (tertiary/aromatic N) is 3. The van der Waals surface area contributed by atoms with Crippen LogP contribution in [0.15, 0.2) is 39.8 Å². The van der Waals surface area contributed by atoms with Gasteiger partial charge in [0.1, 0.15) is 11.2 Å². The van der Waals surface area contributed by atoms with Crippen molar-refractivity contribution in [2.75, 3.05) is 6.54 Å². The van der Waals surface area contributed by atoms with E-state index in [-0.39, 0.29) is 31.1 Å². The largest absolute Gasteiger partial charge is 0.353 e. The molecule has 8 nitrogen and oxygen atoms in total. The summed E-state index contributed by atoms with van der Waals surface area (Å²) in [4.78, 5) is 42.2. The van der Waals surface area contributed by atoms with E-state index in [0.29, 0.717) is 10.2 Å². The van der Waals surface area contributed by atoms with E-state index < -0.39 is 5.69 Å². The highest BCUT2D eigenvalue weighted by molar-refractivity contribution is 7.17. The molecule has 0 saturated heterocycles. The molecular formula is C13H13N5O3S. The van der Waals surface area contributed by atoms with Crippen LogP contribution < -0.4 is 16.6 Å². The van der Waals surface area contributed by atoms with E-state index in [2.05, 4.69) is 15.3 Å². The van der Waals surface area contributed by atoms with Gasteiger partial charge >= 0.3 is 5.69 Å². The molecule has 0 fully saturated rings. The molecule has 3 heterocycles. The Bertz CT molecular complexity index is 906. The van der Waals surface area contributed by atoms with E-state index in [9.17, 15) is 14.4 Å². The van der Waals surface area contributed by atoms with Crippen molar-refractivity contribution >= 4 is 27.5 Å². The first-order chi connectivity index (χ1) is 10.6. The fourth-order valence-electron chi connectivity index (χ4n) is 2.08. The SMILES string of the molecule is O=C(Cn1ccnc1)NCCn1c(=O)[nH]c2ccsc2c1=O. The number of aromatic nitrogens is 4. The van der Waals surface area contributed by atoms with Gasteiger partial charge in [0.2, 0.25) is 5.91 Å². The molecule has 0 aliphatic rings. The Hall–Kier alpha value is -2.68. The highest BCUT2D eigenvalue weighted by atomic mass is 32.1. The lowest BCUT2D eigenvalue weighted by Gasteiger charge is -2.07. The number of rotatable bonds is 5. The van der Waals surface area contributed by atoms with Gasteiger partial charge in [-0.1, -0.05) is 0 Å². The molecule has 0 atom stereocenters. The number of thiophene rings is 1. The standard InChI is InChI=1S/C13H13N5O3S/c19-10(7-17-4-2-14-8-17)15-3-5-18-12(20)11-9(1-6-22-11)16-13(18)21/h1-2,4,6,8H,3,5,7H2,(H,15,19)(H,16,21). The zero-order chi connectivity index (χ0) is 15.5. The molecule has 0 aromatic carbocycles. The molecule has 3 aromatic rings. The highest BCUT2D eigenvalue weighted by Crippen LogP contribution is 2.11. The zero-order valence-electron chi connectivity index (χ0n) is 11.5. The number of imidazole rings is 1. The number of amides is 1. The minimum absolute atomic E-state index is 0.123. The average Bonchev–Trinajstić information content (AvgIpc) is 3.13. The zero-order valence-corrected chi connectivity index (χ0v) is 12.3. The average molecular weight is 319 g/mol. The lowest BCUT2D eigenvalue weighted by atomic mass is 10.4. The maximum atomic E-state index is 12.2. The second kappa shape index (κ2) is 5.98. The Morgan fingerprint density at radius 3 is 3.05 bits per heavy atom. The fraction of sp³-hybridized carbons (Fsp3) is 0.231. The van der Waals surface area contributed by atoms with Gasteiger partial charge in [-0.2, -0.15) is 0 Å². The van der Waals surface area contributed by atoms with Gasteiger partial charge in [0.25, 0.3) is 5.56 Å². The normalized spacial score (nSPS) is 10.9. The quantitative estimate of drug-likeness (QED) is 0.678. The third kappa shape index (κ3) is 2.84. The number of nitrogens with one attached hydrogen (secondary N) is 2. The molecule has 9 heteroatoms. The number of carbonyl (C=O) groups is 1. The van der Waals surface area contributed by atoms with Crippen LogP contribution in [0.3, 0.4) is 0 Å². The highest BCUT2D eigenvalue weighted by Gasteiger charge is 2.09. The maximum absolute atomic E-state index is 12.2. The fourth-order valence-corrected chi connectivity index (χ4v) is 2.88. The van der Waals surface area contributed by atoms with E-state index in [1.54, 1.807) is 34.7 Å². The predicted octanol–water partition coefficient (Wildman–Crippen LogP) is -0.236. The molecule has 0 spiro atoms. The van der Waals surface area contributed by atoms with Crippen LogP contribution in [0.4, 0.5) is 0 Å². The lowest BCUT2D eigenvalue weighted by molar-refractivity contribution is -0.121. The molecule has 0 unspecified atom stereocenters. The van der Waals surface area contributed by atoms with Crippen molar-refractivity contribution < 1.29 is 4.79 Å². The molecule has 2 N–H and O–H groups in total. The molecule has 22 heavy (non-hydrogen) atoms. The summed E-state index contributed by atoms with van der Waals surface area (Å²) in [7, 11) is 0. The van der Waals surface area contributed by atoms with Crippen molar-refractivity contribution in [2.24, 2.45) is 0 Å². The van der Waals surface area contributed by atoms with Crippen molar-refractivity contribution in [1.82, 2.24) is 24.4 Å². The van der Waals surface area contributed by atoms with Crippen LogP contribution >= 0.6 is 11.3 Å². The van der Waals surface area contributed by atoms with Gasteiger partial charge in [-0.05, 0) is 11.4 Å². The van der Waals surface area contributed by atoms with Crippen LogP contribution in [0.5, 0.6) is 0 Å². The van der Waals surface area contributed by atoms with Crippen LogP contribution in [0.2, 0.25) is 0 Å². The Morgan fingerprint density at radius 1 is 1.41 bits per heavy atom. The summed E-state index contributed by atoms with van der Waals surface area (Å²) in [6.07, 6.45) is 4.81. The van der Waals surface area contributed by atoms with Crippen molar-refractivity contribution in [3.8, 4) is 0 Å². The summed E-state index contributed by atoms with van der Waals surface area (Å²) in [6, 6.07) is 1.69. The first kappa shape index (κ1) is 14.3. The summed E-state index contributed by atoms with van der Waals surface area (Å²) in [5.41, 5.74) is -0.266. The van der Waals surface area contributed by atoms with Crippen LogP contribution in [-0.4, -0.2) is 31.6 Å². The molecule has 0 radical (unpaired) electrons. The monoisotopic (exact) mass is 319 g/mol. The minimum atomic E-state index is -0.472. The molecule has 3 rings (SSSR count). The smallest absolute Gasteiger partial charge is 0.328 e. The molecule has 0 aliphatic heterocycles. The van der Waals surface area contributed by atoms with E-state index >= 15 is 0 Å². The van der Waals surface area contributed by atoms with Crippen LogP contribution in [0.25, 0.3) is 10.2 Å². The number of fused-ring (bicyclic) bond motifs is 1. The Balaban J connectivity index is 1.65. The van der Waals surface area contributed by atoms with Gasteiger partial charge in [-0.15, -0.1) is 11.3 Å². The molecule has 3 aromatic heterocycles. The summed E-state index contributed by atoms with van der Waals surface area (Å²) < 4.78 is 3.23. The summed E-state index contributed by atoms with van der Waals surface area (Å²) in [5, 5.41) is 4.42.